The molecule has 186 valence electrons. The third-order valence-corrected chi connectivity index (χ3v) is 6.51. The average Bonchev–Trinajstić information content (AvgIpc) is 3.14. The van der Waals surface area contributed by atoms with E-state index in [1.807, 2.05) is 24.3 Å². The van der Waals surface area contributed by atoms with Crippen molar-refractivity contribution in [2.45, 2.75) is 25.3 Å². The van der Waals surface area contributed by atoms with Crippen LogP contribution in [0.15, 0.2) is 66.7 Å². The van der Waals surface area contributed by atoms with Gasteiger partial charge in [-0.3, -0.25) is 34.2 Å². The molecule has 9 heteroatoms. The molecule has 37 heavy (non-hydrogen) atoms. The monoisotopic (exact) mass is 499 g/mol. The van der Waals surface area contributed by atoms with Gasteiger partial charge in [-0.25, -0.2) is 4.39 Å². The van der Waals surface area contributed by atoms with Gasteiger partial charge in [-0.1, -0.05) is 30.3 Å². The van der Waals surface area contributed by atoms with Crippen LogP contribution in [0.25, 0.3) is 11.1 Å². The topological polar surface area (TPSA) is 113 Å². The van der Waals surface area contributed by atoms with Crippen LogP contribution in [0.3, 0.4) is 0 Å². The molecule has 2 aliphatic rings. The summed E-state index contributed by atoms with van der Waals surface area (Å²) in [5.74, 6) is -2.88. The van der Waals surface area contributed by atoms with E-state index in [2.05, 4.69) is 10.6 Å². The van der Waals surface area contributed by atoms with Crippen LogP contribution in [0.4, 0.5) is 4.39 Å². The molecule has 0 bridgehead atoms. The lowest BCUT2D eigenvalue weighted by molar-refractivity contribution is -0.136. The quantitative estimate of drug-likeness (QED) is 0.507. The van der Waals surface area contributed by atoms with E-state index in [-0.39, 0.29) is 29.9 Å². The number of benzene rings is 3. The van der Waals surface area contributed by atoms with E-state index in [1.54, 1.807) is 18.2 Å². The Bertz CT molecular complexity index is 1450. The van der Waals surface area contributed by atoms with Crippen molar-refractivity contribution >= 4 is 29.5 Å². The largest absolute Gasteiger partial charge is 0.352 e. The highest BCUT2D eigenvalue weighted by Crippen LogP contribution is 2.31. The Labute approximate surface area is 211 Å². The summed E-state index contributed by atoms with van der Waals surface area (Å²) in [4.78, 5) is 62.9. The number of carbonyl (C=O) groups excluding carboxylic acids is 5. The standard InChI is InChI=1S/C28H22FN3O5/c29-20-7-4-17(5-8-20)25(34)30-13-12-16-2-1-3-18(14-16)19-6-9-21-22(15-19)28(37)32(27(21)36)23-10-11-24(33)31-26(23)35/h1-9,14-15,23H,10-13H2,(H,30,34)(H,31,33,35). The molecule has 0 aromatic heterocycles. The van der Waals surface area contributed by atoms with Crippen LogP contribution in [0.2, 0.25) is 0 Å². The molecule has 0 saturated carbocycles. The van der Waals surface area contributed by atoms with Gasteiger partial charge in [-0.05, 0) is 65.9 Å². The molecule has 1 atom stereocenters. The minimum atomic E-state index is -1.01. The maximum Gasteiger partial charge on any atom is 0.262 e. The van der Waals surface area contributed by atoms with E-state index in [0.29, 0.717) is 18.5 Å². The molecule has 0 aliphatic carbocycles. The SMILES string of the molecule is O=C1CCC(N2C(=O)c3ccc(-c4cccc(CCNC(=O)c5ccc(F)cc5)c4)cc3C2=O)C(=O)N1. The minimum Gasteiger partial charge on any atom is -0.352 e. The highest BCUT2D eigenvalue weighted by Gasteiger charge is 2.44. The number of hydrogen-bond donors (Lipinski definition) is 2. The molecule has 2 N–H and O–H groups in total. The van der Waals surface area contributed by atoms with E-state index in [1.165, 1.54) is 24.3 Å². The predicted octanol–water partition coefficient (Wildman–Crippen LogP) is 2.87. The second-order valence-corrected chi connectivity index (χ2v) is 8.92. The lowest BCUT2D eigenvalue weighted by Crippen LogP contribution is -2.54. The number of nitrogens with zero attached hydrogens (tertiary/aromatic N) is 1. The van der Waals surface area contributed by atoms with Crippen LogP contribution in [0, 0.1) is 5.82 Å². The molecule has 1 unspecified atom stereocenters. The molecule has 8 nitrogen and oxygen atoms in total. The van der Waals surface area contributed by atoms with E-state index in [9.17, 15) is 28.4 Å². The Morgan fingerprint density at radius 2 is 1.65 bits per heavy atom. The second-order valence-electron chi connectivity index (χ2n) is 8.92. The lowest BCUT2D eigenvalue weighted by Gasteiger charge is -2.27. The van der Waals surface area contributed by atoms with Crippen LogP contribution in [0.5, 0.6) is 0 Å². The van der Waals surface area contributed by atoms with E-state index < -0.39 is 35.5 Å². The first kappa shape index (κ1) is 24.1. The first-order valence-corrected chi connectivity index (χ1v) is 11.8. The Balaban J connectivity index is 1.29. The van der Waals surface area contributed by atoms with E-state index >= 15 is 0 Å². The van der Waals surface area contributed by atoms with Crippen LogP contribution in [0.1, 0.15) is 49.5 Å². The molecule has 2 aliphatic heterocycles. The Hall–Kier alpha value is -4.66. The van der Waals surface area contributed by atoms with Crippen molar-refractivity contribution in [3.05, 3.63) is 94.8 Å². The Morgan fingerprint density at radius 3 is 2.41 bits per heavy atom. The zero-order valence-electron chi connectivity index (χ0n) is 19.6. The number of hydrogen-bond acceptors (Lipinski definition) is 5. The fraction of sp³-hybridized carbons (Fsp3) is 0.179. The van der Waals surface area contributed by atoms with Gasteiger partial charge < -0.3 is 5.32 Å². The molecule has 1 fully saturated rings. The maximum absolute atomic E-state index is 13.1. The van der Waals surface area contributed by atoms with Gasteiger partial charge in [-0.2, -0.15) is 0 Å². The summed E-state index contributed by atoms with van der Waals surface area (Å²) in [6.45, 7) is 0.373. The van der Waals surface area contributed by atoms with Gasteiger partial charge in [0.05, 0.1) is 11.1 Å². The summed E-state index contributed by atoms with van der Waals surface area (Å²) in [7, 11) is 0. The van der Waals surface area contributed by atoms with Gasteiger partial charge in [0.15, 0.2) is 0 Å². The van der Waals surface area contributed by atoms with Gasteiger partial charge in [-0.15, -0.1) is 0 Å². The molecule has 3 aromatic rings. The molecule has 3 aromatic carbocycles. The first-order chi connectivity index (χ1) is 17.8. The van der Waals surface area contributed by atoms with Gasteiger partial charge in [0.1, 0.15) is 11.9 Å². The summed E-state index contributed by atoms with van der Waals surface area (Å²) in [5.41, 5.74) is 3.30. The number of piperidine rings is 1. The Morgan fingerprint density at radius 1 is 0.919 bits per heavy atom. The van der Waals surface area contributed by atoms with Crippen molar-refractivity contribution in [2.24, 2.45) is 0 Å². The third kappa shape index (κ3) is 4.75. The summed E-state index contributed by atoms with van der Waals surface area (Å²) < 4.78 is 13.1. The van der Waals surface area contributed by atoms with Crippen molar-refractivity contribution in [3.63, 3.8) is 0 Å². The number of fused-ring (bicyclic) bond motifs is 1. The number of nitrogens with one attached hydrogen (secondary N) is 2. The van der Waals surface area contributed by atoms with Crippen LogP contribution < -0.4 is 10.6 Å². The van der Waals surface area contributed by atoms with E-state index in [4.69, 9.17) is 0 Å². The molecular formula is C28H22FN3O5. The molecule has 5 amide bonds. The van der Waals surface area contributed by atoms with Gasteiger partial charge in [0, 0.05) is 18.5 Å². The minimum absolute atomic E-state index is 0.0617. The van der Waals surface area contributed by atoms with E-state index in [0.717, 1.165) is 21.6 Å². The molecule has 0 spiro atoms. The summed E-state index contributed by atoms with van der Waals surface area (Å²) in [5, 5.41) is 5.00. The second kappa shape index (κ2) is 9.77. The number of halogens is 1. The van der Waals surface area contributed by atoms with Gasteiger partial charge >= 0.3 is 0 Å². The fourth-order valence-electron chi connectivity index (χ4n) is 4.58. The van der Waals surface area contributed by atoms with Crippen molar-refractivity contribution in [1.82, 2.24) is 15.5 Å². The smallest absolute Gasteiger partial charge is 0.262 e. The highest BCUT2D eigenvalue weighted by molar-refractivity contribution is 6.23. The van der Waals surface area contributed by atoms with Gasteiger partial charge in [0.25, 0.3) is 17.7 Å². The molecule has 1 saturated heterocycles. The van der Waals surface area contributed by atoms with Crippen molar-refractivity contribution in [3.8, 4) is 11.1 Å². The van der Waals surface area contributed by atoms with Crippen LogP contribution in [-0.4, -0.2) is 47.0 Å². The van der Waals surface area contributed by atoms with Crippen molar-refractivity contribution in [2.75, 3.05) is 6.54 Å². The lowest BCUT2D eigenvalue weighted by atomic mass is 9.98. The van der Waals surface area contributed by atoms with Crippen LogP contribution >= 0.6 is 0 Å². The summed E-state index contributed by atoms with van der Waals surface area (Å²) in [6, 6.07) is 16.8. The highest BCUT2D eigenvalue weighted by atomic mass is 19.1. The van der Waals surface area contributed by atoms with Crippen molar-refractivity contribution < 1.29 is 28.4 Å². The number of amides is 5. The zero-order chi connectivity index (χ0) is 26.1. The van der Waals surface area contributed by atoms with Crippen LogP contribution in [-0.2, 0) is 16.0 Å². The summed E-state index contributed by atoms with van der Waals surface area (Å²) >= 11 is 0. The number of rotatable bonds is 6. The molecule has 0 radical (unpaired) electrons. The predicted molar refractivity (Wildman–Crippen MR) is 131 cm³/mol. The zero-order valence-corrected chi connectivity index (χ0v) is 19.6. The number of imide groups is 2. The third-order valence-electron chi connectivity index (χ3n) is 6.51. The number of carbonyl (C=O) groups is 5. The van der Waals surface area contributed by atoms with Gasteiger partial charge in [0.2, 0.25) is 11.8 Å². The molecule has 5 rings (SSSR count). The Kier molecular flexibility index (Phi) is 6.35. The maximum atomic E-state index is 13.1. The first-order valence-electron chi connectivity index (χ1n) is 11.8. The molecular weight excluding hydrogens is 477 g/mol. The molecule has 2 heterocycles. The van der Waals surface area contributed by atoms with Crippen molar-refractivity contribution in [1.29, 1.82) is 0 Å². The normalized spacial score (nSPS) is 17.0. The summed E-state index contributed by atoms with van der Waals surface area (Å²) in [6.07, 6.45) is 0.710. The fourth-order valence-corrected chi connectivity index (χ4v) is 4.58. The average molecular weight is 499 g/mol.